The second-order valence-corrected chi connectivity index (χ2v) is 3.78. The van der Waals surface area contributed by atoms with Crippen molar-refractivity contribution in [3.8, 4) is 0 Å². The van der Waals surface area contributed by atoms with Crippen LogP contribution < -0.4 is 5.59 Å². The van der Waals surface area contributed by atoms with E-state index in [1.54, 1.807) is 6.26 Å². The molecule has 0 saturated carbocycles. The van der Waals surface area contributed by atoms with Crippen molar-refractivity contribution < 1.29 is 4.84 Å². The molecule has 0 aromatic carbocycles. The summed E-state index contributed by atoms with van der Waals surface area (Å²) in [6, 6.07) is 0. The molecule has 1 aliphatic rings. The maximum Gasteiger partial charge on any atom is 0.131 e. The Morgan fingerprint density at radius 3 is 2.75 bits per heavy atom. The van der Waals surface area contributed by atoms with E-state index in [0.29, 0.717) is 0 Å². The Balaban J connectivity index is 2.40. The molecule has 1 aliphatic heterocycles. The zero-order valence-electron chi connectivity index (χ0n) is 8.13. The van der Waals surface area contributed by atoms with Crippen molar-refractivity contribution >= 4 is 0 Å². The van der Waals surface area contributed by atoms with Gasteiger partial charge in [0.05, 0.1) is 11.7 Å². The van der Waals surface area contributed by atoms with Gasteiger partial charge in [-0.25, -0.2) is 0 Å². The molecule has 0 atom stereocenters. The van der Waals surface area contributed by atoms with Crippen molar-refractivity contribution in [1.82, 2.24) is 10.6 Å². The number of hydrazine groups is 1. The minimum Gasteiger partial charge on any atom is -0.395 e. The van der Waals surface area contributed by atoms with Gasteiger partial charge in [-0.15, -0.1) is 0 Å². The van der Waals surface area contributed by atoms with Crippen LogP contribution >= 0.6 is 0 Å². The normalized spacial score (nSPS) is 16.8. The van der Waals surface area contributed by atoms with E-state index in [2.05, 4.69) is 26.4 Å². The van der Waals surface area contributed by atoms with Crippen LogP contribution in [0.2, 0.25) is 0 Å². The Kier molecular flexibility index (Phi) is 2.98. The van der Waals surface area contributed by atoms with Crippen LogP contribution in [0.15, 0.2) is 12.5 Å². The van der Waals surface area contributed by atoms with Crippen LogP contribution in [0.1, 0.15) is 40.0 Å². The average Bonchev–Trinajstić information content (AvgIpc) is 2.53. The van der Waals surface area contributed by atoms with Gasteiger partial charge in [0.15, 0.2) is 0 Å². The predicted octanol–water partition coefficient (Wildman–Crippen LogP) is 2.18. The van der Waals surface area contributed by atoms with Gasteiger partial charge in [0.1, 0.15) is 6.26 Å². The topological polar surface area (TPSA) is 24.5 Å². The Bertz CT molecular complexity index is 166. The summed E-state index contributed by atoms with van der Waals surface area (Å²) in [6.45, 7) is 6.61. The maximum absolute atomic E-state index is 4.92. The summed E-state index contributed by atoms with van der Waals surface area (Å²) in [7, 11) is 0. The molecule has 1 N–H and O–H groups in total. The lowest BCUT2D eigenvalue weighted by atomic mass is 9.97. The predicted molar refractivity (Wildman–Crippen MR) is 48.8 cm³/mol. The molecular weight excluding hydrogens is 152 g/mol. The van der Waals surface area contributed by atoms with Gasteiger partial charge in [-0.3, -0.25) is 5.01 Å². The van der Waals surface area contributed by atoms with Crippen molar-refractivity contribution in [2.45, 2.75) is 45.6 Å². The first-order valence-electron chi connectivity index (χ1n) is 4.54. The first kappa shape index (κ1) is 9.39. The van der Waals surface area contributed by atoms with Gasteiger partial charge >= 0.3 is 0 Å². The van der Waals surface area contributed by atoms with Crippen LogP contribution in [0.3, 0.4) is 0 Å². The van der Waals surface area contributed by atoms with Gasteiger partial charge in [0, 0.05) is 0 Å². The molecule has 0 amide bonds. The molecule has 0 spiro atoms. The number of hydrogen-bond acceptors (Lipinski definition) is 3. The molecule has 1 rings (SSSR count). The smallest absolute Gasteiger partial charge is 0.131 e. The van der Waals surface area contributed by atoms with E-state index in [-0.39, 0.29) is 5.54 Å². The summed E-state index contributed by atoms with van der Waals surface area (Å²) in [6.07, 6.45) is 7.24. The zero-order valence-corrected chi connectivity index (χ0v) is 8.13. The van der Waals surface area contributed by atoms with E-state index in [1.165, 1.54) is 19.3 Å². The molecule has 0 aromatic rings. The van der Waals surface area contributed by atoms with Gasteiger partial charge in [-0.05, 0) is 20.3 Å². The van der Waals surface area contributed by atoms with E-state index >= 15 is 0 Å². The second-order valence-electron chi connectivity index (χ2n) is 3.78. The molecule has 0 radical (unpaired) electrons. The average molecular weight is 170 g/mol. The molecule has 12 heavy (non-hydrogen) atoms. The lowest BCUT2D eigenvalue weighted by Gasteiger charge is -2.33. The summed E-state index contributed by atoms with van der Waals surface area (Å²) >= 11 is 0. The Morgan fingerprint density at radius 1 is 1.50 bits per heavy atom. The fourth-order valence-electron chi connectivity index (χ4n) is 1.26. The Hall–Kier alpha value is -0.700. The van der Waals surface area contributed by atoms with Crippen molar-refractivity contribution in [2.75, 3.05) is 0 Å². The Labute approximate surface area is 74.3 Å². The highest BCUT2D eigenvalue weighted by Crippen LogP contribution is 2.21. The van der Waals surface area contributed by atoms with Gasteiger partial charge in [-0.2, -0.15) is 0 Å². The van der Waals surface area contributed by atoms with Crippen molar-refractivity contribution in [2.24, 2.45) is 0 Å². The number of nitrogens with one attached hydrogen (secondary N) is 1. The molecule has 0 unspecified atom stereocenters. The molecule has 0 fully saturated rings. The fourth-order valence-corrected chi connectivity index (χ4v) is 1.26. The minimum absolute atomic E-state index is 0.142. The summed E-state index contributed by atoms with van der Waals surface area (Å²) in [5.74, 6) is 0. The molecule has 0 aliphatic carbocycles. The molecule has 1 heterocycles. The van der Waals surface area contributed by atoms with E-state index in [0.717, 1.165) is 0 Å². The molecule has 3 heteroatoms. The van der Waals surface area contributed by atoms with Crippen LogP contribution in [-0.4, -0.2) is 10.5 Å². The molecule has 70 valence electrons. The highest BCUT2D eigenvalue weighted by Gasteiger charge is 2.25. The lowest BCUT2D eigenvalue weighted by Crippen LogP contribution is -2.45. The van der Waals surface area contributed by atoms with Crippen LogP contribution in [0, 0.1) is 0 Å². The first-order chi connectivity index (χ1) is 5.67. The number of unbranched alkanes of at least 4 members (excludes halogenated alkanes) is 1. The highest BCUT2D eigenvalue weighted by molar-refractivity contribution is 4.88. The van der Waals surface area contributed by atoms with Crippen LogP contribution in [-0.2, 0) is 4.84 Å². The molecule has 0 saturated heterocycles. The summed E-state index contributed by atoms with van der Waals surface area (Å²) in [4.78, 5) is 4.92. The number of hydrogen-bond donors (Lipinski definition) is 1. The van der Waals surface area contributed by atoms with E-state index in [4.69, 9.17) is 4.84 Å². The van der Waals surface area contributed by atoms with Crippen molar-refractivity contribution in [1.29, 1.82) is 0 Å². The largest absolute Gasteiger partial charge is 0.395 e. The SMILES string of the molecule is CCCCC(C)(C)N1C=CON1. The van der Waals surface area contributed by atoms with E-state index in [9.17, 15) is 0 Å². The summed E-state index contributed by atoms with van der Waals surface area (Å²) < 4.78 is 0. The van der Waals surface area contributed by atoms with Gasteiger partial charge < -0.3 is 4.84 Å². The molecule has 0 bridgehead atoms. The third-order valence-corrected chi connectivity index (χ3v) is 2.22. The van der Waals surface area contributed by atoms with E-state index in [1.807, 2.05) is 11.2 Å². The fraction of sp³-hybridized carbons (Fsp3) is 0.778. The van der Waals surface area contributed by atoms with Crippen molar-refractivity contribution in [3.63, 3.8) is 0 Å². The monoisotopic (exact) mass is 170 g/mol. The molecule has 3 nitrogen and oxygen atoms in total. The van der Waals surface area contributed by atoms with Gasteiger partial charge in [0.25, 0.3) is 0 Å². The first-order valence-corrected chi connectivity index (χ1v) is 4.54. The van der Waals surface area contributed by atoms with Crippen LogP contribution in [0.5, 0.6) is 0 Å². The van der Waals surface area contributed by atoms with Crippen LogP contribution in [0.4, 0.5) is 0 Å². The van der Waals surface area contributed by atoms with Gasteiger partial charge in [-0.1, -0.05) is 25.4 Å². The molecular formula is C9H18N2O. The summed E-state index contributed by atoms with van der Waals surface area (Å²) in [5.41, 5.74) is 2.97. The number of nitrogens with zero attached hydrogens (tertiary/aromatic N) is 1. The van der Waals surface area contributed by atoms with E-state index < -0.39 is 0 Å². The highest BCUT2D eigenvalue weighted by atomic mass is 16.7. The second kappa shape index (κ2) is 3.81. The quantitative estimate of drug-likeness (QED) is 0.700. The minimum atomic E-state index is 0.142. The van der Waals surface area contributed by atoms with Crippen molar-refractivity contribution in [3.05, 3.63) is 12.5 Å². The third-order valence-electron chi connectivity index (χ3n) is 2.22. The number of rotatable bonds is 4. The third kappa shape index (κ3) is 2.14. The maximum atomic E-state index is 4.92. The van der Waals surface area contributed by atoms with Crippen LogP contribution in [0.25, 0.3) is 0 Å². The lowest BCUT2D eigenvalue weighted by molar-refractivity contribution is -0.0235. The summed E-state index contributed by atoms with van der Waals surface area (Å²) in [5, 5.41) is 2.00. The van der Waals surface area contributed by atoms with Gasteiger partial charge in [0.2, 0.25) is 0 Å². The Morgan fingerprint density at radius 2 is 2.25 bits per heavy atom. The zero-order chi connectivity index (χ0) is 9.03. The standard InChI is InChI=1S/C9H18N2O/c1-4-5-6-9(2,3)11-7-8-12-10-11/h7-8,10H,4-6H2,1-3H3. The molecule has 0 aromatic heterocycles.